The van der Waals surface area contributed by atoms with E-state index in [2.05, 4.69) is 140 Å². The number of rotatable bonds is 6. The Kier molecular flexibility index (Phi) is 7.67. The van der Waals surface area contributed by atoms with E-state index in [0.717, 1.165) is 83.5 Å². The van der Waals surface area contributed by atoms with Crippen molar-refractivity contribution >= 4 is 21.8 Å². The van der Waals surface area contributed by atoms with Gasteiger partial charge in [0, 0.05) is 38.7 Å². The van der Waals surface area contributed by atoms with Gasteiger partial charge in [-0.2, -0.15) is 0 Å². The first-order chi connectivity index (χ1) is 25.2. The average Bonchev–Trinajstić information content (AvgIpc) is 3.21. The molecule has 0 aliphatic carbocycles. The molecule has 0 spiro atoms. The van der Waals surface area contributed by atoms with Crippen molar-refractivity contribution in [2.45, 2.75) is 6.92 Å². The van der Waals surface area contributed by atoms with Crippen LogP contribution in [-0.2, 0) is 0 Å². The lowest BCUT2D eigenvalue weighted by Crippen LogP contribution is -1.96. The van der Waals surface area contributed by atoms with E-state index in [9.17, 15) is 0 Å². The van der Waals surface area contributed by atoms with E-state index in [4.69, 9.17) is 19.9 Å². The van der Waals surface area contributed by atoms with Crippen molar-refractivity contribution in [2.75, 3.05) is 0 Å². The fraction of sp³-hybridized carbons (Fsp3) is 0.0213. The first kappa shape index (κ1) is 30.3. The number of pyridine rings is 2. The molecule has 9 aromatic rings. The first-order valence-electron chi connectivity index (χ1n) is 17.1. The molecular formula is C47H32N4. The van der Waals surface area contributed by atoms with Crippen molar-refractivity contribution in [3.8, 4) is 67.4 Å². The van der Waals surface area contributed by atoms with Crippen LogP contribution in [0.2, 0.25) is 0 Å². The van der Waals surface area contributed by atoms with E-state index in [1.807, 2.05) is 42.5 Å². The molecule has 9 rings (SSSR count). The zero-order chi connectivity index (χ0) is 34.1. The summed E-state index contributed by atoms with van der Waals surface area (Å²) in [6, 6.07) is 61.0. The molecule has 3 heterocycles. The van der Waals surface area contributed by atoms with Gasteiger partial charge in [0.1, 0.15) is 0 Å². The van der Waals surface area contributed by atoms with Crippen LogP contribution in [0.5, 0.6) is 0 Å². The van der Waals surface area contributed by atoms with Crippen LogP contribution in [0.25, 0.3) is 89.2 Å². The number of fused-ring (bicyclic) bond motifs is 3. The zero-order valence-electron chi connectivity index (χ0n) is 28.0. The van der Waals surface area contributed by atoms with Crippen LogP contribution in [0.3, 0.4) is 0 Å². The molecule has 0 radical (unpaired) electrons. The minimum Gasteiger partial charge on any atom is -0.251 e. The molecule has 240 valence electrons. The topological polar surface area (TPSA) is 51.6 Å². The Morgan fingerprint density at radius 1 is 0.333 bits per heavy atom. The second-order valence-corrected chi connectivity index (χ2v) is 12.8. The Labute approximate surface area is 296 Å². The van der Waals surface area contributed by atoms with Crippen LogP contribution in [0.4, 0.5) is 0 Å². The second kappa shape index (κ2) is 12.9. The quantitative estimate of drug-likeness (QED) is 0.168. The van der Waals surface area contributed by atoms with E-state index in [1.165, 1.54) is 5.56 Å². The van der Waals surface area contributed by atoms with Crippen molar-refractivity contribution in [2.24, 2.45) is 0 Å². The highest BCUT2D eigenvalue weighted by molar-refractivity contribution is 6.09. The maximum atomic E-state index is 5.16. The fourth-order valence-corrected chi connectivity index (χ4v) is 6.78. The Morgan fingerprint density at radius 2 is 0.882 bits per heavy atom. The van der Waals surface area contributed by atoms with Crippen molar-refractivity contribution in [3.63, 3.8) is 0 Å². The van der Waals surface area contributed by atoms with Crippen molar-refractivity contribution < 1.29 is 0 Å². The van der Waals surface area contributed by atoms with Gasteiger partial charge in [0.2, 0.25) is 0 Å². The summed E-state index contributed by atoms with van der Waals surface area (Å²) in [6.07, 6.45) is 0. The fourth-order valence-electron chi connectivity index (χ4n) is 6.78. The van der Waals surface area contributed by atoms with Crippen LogP contribution < -0.4 is 0 Å². The van der Waals surface area contributed by atoms with Gasteiger partial charge in [0.25, 0.3) is 0 Å². The molecule has 0 fully saturated rings. The lowest BCUT2D eigenvalue weighted by Gasteiger charge is -2.13. The highest BCUT2D eigenvalue weighted by Crippen LogP contribution is 2.36. The smallest absolute Gasteiger partial charge is 0.160 e. The first-order valence-corrected chi connectivity index (χ1v) is 17.1. The van der Waals surface area contributed by atoms with Gasteiger partial charge in [-0.25, -0.2) is 15.0 Å². The van der Waals surface area contributed by atoms with Gasteiger partial charge in [-0.1, -0.05) is 152 Å². The molecule has 0 saturated heterocycles. The molecular weight excluding hydrogens is 621 g/mol. The third kappa shape index (κ3) is 5.94. The van der Waals surface area contributed by atoms with Crippen molar-refractivity contribution in [1.82, 2.24) is 19.9 Å². The molecule has 0 N–H and O–H groups in total. The third-order valence-corrected chi connectivity index (χ3v) is 9.35. The SMILES string of the molecule is Cc1cc(-c2cccc(-c3cc(-c4ccccc4)nc(-c4ccc(-c5ccccc5)cc4)n3)c2)c2ccc3ccc(-c4ccccc4)nc3c2n1. The van der Waals surface area contributed by atoms with E-state index in [0.29, 0.717) is 5.82 Å². The van der Waals surface area contributed by atoms with Crippen LogP contribution in [0.1, 0.15) is 5.69 Å². The molecule has 4 nitrogen and oxygen atoms in total. The number of hydrogen-bond acceptors (Lipinski definition) is 4. The van der Waals surface area contributed by atoms with Crippen molar-refractivity contribution in [3.05, 3.63) is 182 Å². The monoisotopic (exact) mass is 652 g/mol. The summed E-state index contributed by atoms with van der Waals surface area (Å²) in [5.41, 5.74) is 14.1. The van der Waals surface area contributed by atoms with Gasteiger partial charge in [-0.05, 0) is 53.4 Å². The molecule has 0 bridgehead atoms. The second-order valence-electron chi connectivity index (χ2n) is 12.8. The van der Waals surface area contributed by atoms with Crippen LogP contribution >= 0.6 is 0 Å². The molecule has 3 aromatic heterocycles. The molecule has 0 amide bonds. The van der Waals surface area contributed by atoms with Gasteiger partial charge in [-0.3, -0.25) is 4.98 Å². The number of aromatic nitrogens is 4. The molecule has 0 saturated carbocycles. The van der Waals surface area contributed by atoms with Gasteiger partial charge < -0.3 is 0 Å². The Bertz CT molecular complexity index is 2670. The molecule has 51 heavy (non-hydrogen) atoms. The number of nitrogens with zero attached hydrogens (tertiary/aromatic N) is 4. The summed E-state index contributed by atoms with van der Waals surface area (Å²) in [6.45, 7) is 2.05. The minimum atomic E-state index is 0.688. The summed E-state index contributed by atoms with van der Waals surface area (Å²) in [5.74, 6) is 0.688. The van der Waals surface area contributed by atoms with Crippen molar-refractivity contribution in [1.29, 1.82) is 0 Å². The van der Waals surface area contributed by atoms with Gasteiger partial charge in [0.05, 0.1) is 28.1 Å². The zero-order valence-corrected chi connectivity index (χ0v) is 28.0. The molecule has 6 aromatic carbocycles. The van der Waals surface area contributed by atoms with Gasteiger partial charge >= 0.3 is 0 Å². The summed E-state index contributed by atoms with van der Waals surface area (Å²) >= 11 is 0. The highest BCUT2D eigenvalue weighted by atomic mass is 14.9. The van der Waals surface area contributed by atoms with E-state index in [1.54, 1.807) is 0 Å². The maximum Gasteiger partial charge on any atom is 0.160 e. The average molecular weight is 653 g/mol. The maximum absolute atomic E-state index is 5.16. The lowest BCUT2D eigenvalue weighted by molar-refractivity contribution is 1.18. The minimum absolute atomic E-state index is 0.688. The standard InChI is InChI=1S/C47H32N4/c1-31-28-41(40-26-24-36-25-27-42(34-14-7-3-8-15-34)49-45(36)46(40)48-31)38-18-11-19-39(29-38)44-30-43(35-16-9-4-10-17-35)50-47(51-44)37-22-20-33(21-23-37)32-12-5-2-6-13-32/h2-30H,1H3. The number of aryl methyl sites for hydroxylation is 1. The van der Waals surface area contributed by atoms with Crippen LogP contribution in [0, 0.1) is 6.92 Å². The summed E-state index contributed by atoms with van der Waals surface area (Å²) < 4.78 is 0. The molecule has 0 aliphatic heterocycles. The van der Waals surface area contributed by atoms with Gasteiger partial charge in [0.15, 0.2) is 5.82 Å². The number of hydrogen-bond donors (Lipinski definition) is 0. The van der Waals surface area contributed by atoms with Crippen LogP contribution in [0.15, 0.2) is 176 Å². The van der Waals surface area contributed by atoms with Crippen LogP contribution in [-0.4, -0.2) is 19.9 Å². The summed E-state index contributed by atoms with van der Waals surface area (Å²) in [5, 5.41) is 2.13. The Morgan fingerprint density at radius 3 is 1.59 bits per heavy atom. The van der Waals surface area contributed by atoms with E-state index < -0.39 is 0 Å². The van der Waals surface area contributed by atoms with E-state index >= 15 is 0 Å². The number of benzene rings is 6. The van der Waals surface area contributed by atoms with E-state index in [-0.39, 0.29) is 0 Å². The predicted molar refractivity (Wildman–Crippen MR) is 210 cm³/mol. The predicted octanol–water partition coefficient (Wildman–Crippen LogP) is 11.9. The lowest BCUT2D eigenvalue weighted by atomic mass is 9.96. The highest BCUT2D eigenvalue weighted by Gasteiger charge is 2.15. The van der Waals surface area contributed by atoms with Gasteiger partial charge in [-0.15, -0.1) is 0 Å². The largest absolute Gasteiger partial charge is 0.251 e. The summed E-state index contributed by atoms with van der Waals surface area (Å²) in [7, 11) is 0. The Balaban J connectivity index is 1.16. The molecule has 0 unspecified atom stereocenters. The molecule has 0 aliphatic rings. The third-order valence-electron chi connectivity index (χ3n) is 9.35. The Hall–Kier alpha value is -6.78. The molecule has 0 atom stereocenters. The normalized spacial score (nSPS) is 11.2. The summed E-state index contributed by atoms with van der Waals surface area (Å²) in [4.78, 5) is 20.4. The molecule has 4 heteroatoms.